The van der Waals surface area contributed by atoms with Crippen molar-refractivity contribution < 1.29 is 14.3 Å². The van der Waals surface area contributed by atoms with Gasteiger partial charge in [0, 0.05) is 24.8 Å². The van der Waals surface area contributed by atoms with E-state index < -0.39 is 6.10 Å². The Labute approximate surface area is 99.4 Å². The van der Waals surface area contributed by atoms with Gasteiger partial charge >= 0.3 is 0 Å². The van der Waals surface area contributed by atoms with Crippen LogP contribution in [0.1, 0.15) is 0 Å². The van der Waals surface area contributed by atoms with Gasteiger partial charge < -0.3 is 14.4 Å². The highest BCUT2D eigenvalue weighted by Gasteiger charge is 2.26. The molecular formula is C9H15Cl2NO3. The Hall–Kier alpha value is -0.0300. The van der Waals surface area contributed by atoms with E-state index in [0.29, 0.717) is 44.7 Å². The molecule has 1 atom stereocenters. The number of carbonyl (C=O) groups is 1. The number of alkyl halides is 2. The van der Waals surface area contributed by atoms with Crippen molar-refractivity contribution in [2.75, 3.05) is 44.7 Å². The second-order valence-corrected chi connectivity index (χ2v) is 3.89. The van der Waals surface area contributed by atoms with Crippen molar-refractivity contribution in [3.63, 3.8) is 0 Å². The van der Waals surface area contributed by atoms with Crippen LogP contribution in [-0.4, -0.2) is 61.6 Å². The fraction of sp³-hybridized carbons (Fsp3) is 0.889. The summed E-state index contributed by atoms with van der Waals surface area (Å²) in [5.41, 5.74) is 0. The fourth-order valence-electron chi connectivity index (χ4n) is 1.37. The molecule has 0 aromatic heterocycles. The Morgan fingerprint density at radius 2 is 1.93 bits per heavy atom. The molecule has 4 nitrogen and oxygen atoms in total. The van der Waals surface area contributed by atoms with Gasteiger partial charge in [-0.15, -0.1) is 23.2 Å². The van der Waals surface area contributed by atoms with Gasteiger partial charge in [-0.05, 0) is 0 Å². The van der Waals surface area contributed by atoms with Gasteiger partial charge in [-0.3, -0.25) is 4.79 Å². The second-order valence-electron chi connectivity index (χ2n) is 3.14. The number of nitrogens with zero attached hydrogens (tertiary/aromatic N) is 1. The molecule has 0 spiro atoms. The molecule has 0 aromatic rings. The average molecular weight is 256 g/mol. The third-order valence-electron chi connectivity index (χ3n) is 2.11. The van der Waals surface area contributed by atoms with Gasteiger partial charge in [-0.1, -0.05) is 0 Å². The Morgan fingerprint density at radius 3 is 2.40 bits per heavy atom. The van der Waals surface area contributed by atoms with Crippen LogP contribution in [0.4, 0.5) is 0 Å². The zero-order valence-electron chi connectivity index (χ0n) is 8.45. The third kappa shape index (κ3) is 4.15. The lowest BCUT2D eigenvalue weighted by Crippen LogP contribution is -2.46. The normalized spacial score (nSPS) is 21.3. The minimum Gasteiger partial charge on any atom is -0.376 e. The quantitative estimate of drug-likeness (QED) is 0.680. The first-order valence-corrected chi connectivity index (χ1v) is 5.96. The van der Waals surface area contributed by atoms with E-state index in [2.05, 4.69) is 0 Å². The molecular weight excluding hydrogens is 241 g/mol. The van der Waals surface area contributed by atoms with Crippen molar-refractivity contribution in [1.82, 2.24) is 4.90 Å². The van der Waals surface area contributed by atoms with Crippen molar-refractivity contribution in [2.45, 2.75) is 6.10 Å². The summed E-state index contributed by atoms with van der Waals surface area (Å²) in [5, 5.41) is 0. The molecule has 1 fully saturated rings. The van der Waals surface area contributed by atoms with E-state index in [0.717, 1.165) is 0 Å². The molecule has 1 aliphatic heterocycles. The van der Waals surface area contributed by atoms with E-state index >= 15 is 0 Å². The number of halogens is 2. The predicted molar refractivity (Wildman–Crippen MR) is 58.6 cm³/mol. The topological polar surface area (TPSA) is 38.8 Å². The second kappa shape index (κ2) is 7.28. The van der Waals surface area contributed by atoms with Crippen LogP contribution in [0.25, 0.3) is 0 Å². The SMILES string of the molecule is O=C(C1COCCO1)N(CCCl)CCCl. The van der Waals surface area contributed by atoms with Crippen molar-refractivity contribution in [3.8, 4) is 0 Å². The molecule has 1 aliphatic rings. The largest absolute Gasteiger partial charge is 0.376 e. The van der Waals surface area contributed by atoms with Crippen LogP contribution in [0.5, 0.6) is 0 Å². The molecule has 1 amide bonds. The summed E-state index contributed by atoms with van der Waals surface area (Å²) in [4.78, 5) is 13.5. The number of rotatable bonds is 5. The number of hydrogen-bond donors (Lipinski definition) is 0. The van der Waals surface area contributed by atoms with Gasteiger partial charge in [-0.25, -0.2) is 0 Å². The minimum absolute atomic E-state index is 0.0870. The van der Waals surface area contributed by atoms with Crippen LogP contribution in [0.15, 0.2) is 0 Å². The zero-order valence-corrected chi connectivity index (χ0v) is 9.97. The first-order valence-electron chi connectivity index (χ1n) is 4.89. The molecule has 88 valence electrons. The molecule has 1 heterocycles. The van der Waals surface area contributed by atoms with Gasteiger partial charge in [0.2, 0.25) is 0 Å². The molecule has 1 rings (SSSR count). The van der Waals surface area contributed by atoms with Gasteiger partial charge in [0.05, 0.1) is 19.8 Å². The summed E-state index contributed by atoms with van der Waals surface area (Å²) >= 11 is 11.2. The Balaban J connectivity index is 2.45. The molecule has 0 saturated carbocycles. The van der Waals surface area contributed by atoms with Crippen molar-refractivity contribution >= 4 is 29.1 Å². The van der Waals surface area contributed by atoms with E-state index in [1.54, 1.807) is 4.90 Å². The molecule has 0 bridgehead atoms. The molecule has 6 heteroatoms. The van der Waals surface area contributed by atoms with Crippen molar-refractivity contribution in [3.05, 3.63) is 0 Å². The lowest BCUT2D eigenvalue weighted by molar-refractivity contribution is -0.157. The van der Waals surface area contributed by atoms with Crippen LogP contribution >= 0.6 is 23.2 Å². The summed E-state index contributed by atoms with van der Waals surface area (Å²) in [6.07, 6.45) is -0.495. The minimum atomic E-state index is -0.495. The monoisotopic (exact) mass is 255 g/mol. The molecule has 0 aliphatic carbocycles. The highest BCUT2D eigenvalue weighted by molar-refractivity contribution is 6.18. The maximum absolute atomic E-state index is 11.9. The van der Waals surface area contributed by atoms with Crippen LogP contribution in [0.2, 0.25) is 0 Å². The van der Waals surface area contributed by atoms with E-state index in [1.165, 1.54) is 0 Å². The fourth-order valence-corrected chi connectivity index (χ4v) is 1.78. The molecule has 0 radical (unpaired) electrons. The van der Waals surface area contributed by atoms with Crippen LogP contribution in [0.3, 0.4) is 0 Å². The first kappa shape index (κ1) is 13.0. The Morgan fingerprint density at radius 1 is 1.27 bits per heavy atom. The Kier molecular flexibility index (Phi) is 6.32. The zero-order chi connectivity index (χ0) is 11.1. The van der Waals surface area contributed by atoms with E-state index in [9.17, 15) is 4.79 Å². The van der Waals surface area contributed by atoms with Gasteiger partial charge in [0.1, 0.15) is 0 Å². The molecule has 1 unspecified atom stereocenters. The highest BCUT2D eigenvalue weighted by atomic mass is 35.5. The summed E-state index contributed by atoms with van der Waals surface area (Å²) in [5.74, 6) is 0.711. The van der Waals surface area contributed by atoms with Gasteiger partial charge in [0.25, 0.3) is 5.91 Å². The summed E-state index contributed by atoms with van der Waals surface area (Å²) in [6, 6.07) is 0. The summed E-state index contributed by atoms with van der Waals surface area (Å²) in [7, 11) is 0. The van der Waals surface area contributed by atoms with E-state index in [4.69, 9.17) is 32.7 Å². The summed E-state index contributed by atoms with van der Waals surface area (Å²) in [6.45, 7) is 2.32. The molecule has 0 N–H and O–H groups in total. The first-order chi connectivity index (χ1) is 7.29. The van der Waals surface area contributed by atoms with Crippen LogP contribution in [-0.2, 0) is 14.3 Å². The van der Waals surface area contributed by atoms with Gasteiger partial charge in [0.15, 0.2) is 6.10 Å². The average Bonchev–Trinajstić information content (AvgIpc) is 2.29. The standard InChI is InChI=1S/C9H15Cl2NO3/c10-1-3-12(4-2-11)9(13)8-7-14-5-6-15-8/h8H,1-7H2. The van der Waals surface area contributed by atoms with Crippen LogP contribution < -0.4 is 0 Å². The van der Waals surface area contributed by atoms with Crippen molar-refractivity contribution in [1.29, 1.82) is 0 Å². The number of carbonyl (C=O) groups excluding carboxylic acids is 1. The number of amides is 1. The van der Waals surface area contributed by atoms with Crippen molar-refractivity contribution in [2.24, 2.45) is 0 Å². The smallest absolute Gasteiger partial charge is 0.254 e. The number of ether oxygens (including phenoxy) is 2. The summed E-state index contributed by atoms with van der Waals surface area (Å²) < 4.78 is 10.5. The third-order valence-corrected chi connectivity index (χ3v) is 2.45. The van der Waals surface area contributed by atoms with E-state index in [1.807, 2.05) is 0 Å². The maximum Gasteiger partial charge on any atom is 0.254 e. The Bertz CT molecular complexity index is 192. The molecule has 0 aromatic carbocycles. The van der Waals surface area contributed by atoms with Crippen LogP contribution in [0, 0.1) is 0 Å². The maximum atomic E-state index is 11.9. The van der Waals surface area contributed by atoms with E-state index in [-0.39, 0.29) is 5.91 Å². The lowest BCUT2D eigenvalue weighted by atomic mass is 10.3. The number of hydrogen-bond acceptors (Lipinski definition) is 3. The molecule has 15 heavy (non-hydrogen) atoms. The lowest BCUT2D eigenvalue weighted by Gasteiger charge is -2.28. The van der Waals surface area contributed by atoms with Gasteiger partial charge in [-0.2, -0.15) is 0 Å². The molecule has 1 saturated heterocycles. The highest BCUT2D eigenvalue weighted by Crippen LogP contribution is 2.06. The predicted octanol–water partition coefficient (Wildman–Crippen LogP) is 0.708.